The molecule has 6 nitrogen and oxygen atoms in total. The number of imide groups is 1. The summed E-state index contributed by atoms with van der Waals surface area (Å²) in [5.74, 6) is -0.376. The maximum absolute atomic E-state index is 12.1. The van der Waals surface area contributed by atoms with Crippen LogP contribution in [-0.2, 0) is 11.2 Å². The van der Waals surface area contributed by atoms with Gasteiger partial charge in [0.15, 0.2) is 5.16 Å². The fourth-order valence-corrected chi connectivity index (χ4v) is 3.34. The highest BCUT2D eigenvalue weighted by Gasteiger charge is 2.26. The topological polar surface area (TPSA) is 101 Å². The van der Waals surface area contributed by atoms with Crippen molar-refractivity contribution >= 4 is 23.7 Å². The lowest BCUT2D eigenvalue weighted by atomic mass is 10.1. The summed E-state index contributed by atoms with van der Waals surface area (Å²) < 4.78 is 0. The molecule has 1 heterocycles. The number of carbonyl (C=O) groups is 2. The summed E-state index contributed by atoms with van der Waals surface area (Å²) in [6.45, 7) is 5.79. The third-order valence-corrected chi connectivity index (χ3v) is 4.96. The molecule has 1 atom stereocenters. The van der Waals surface area contributed by atoms with Crippen LogP contribution in [0.15, 0.2) is 35.5 Å². The van der Waals surface area contributed by atoms with Gasteiger partial charge < -0.3 is 10.7 Å². The molecule has 0 bridgehead atoms. The molecule has 3 amide bonds. The number of thioether (sulfide) groups is 1. The molecule has 0 aliphatic heterocycles. The maximum atomic E-state index is 12.1. The minimum Gasteiger partial charge on any atom is -0.351 e. The Kier molecular flexibility index (Phi) is 6.03. The Balaban J connectivity index is 2.12. The predicted octanol–water partition coefficient (Wildman–Crippen LogP) is 2.62. The van der Waals surface area contributed by atoms with Crippen molar-refractivity contribution in [1.82, 2.24) is 15.3 Å². The molecule has 0 radical (unpaired) electrons. The zero-order valence-corrected chi connectivity index (χ0v) is 14.8. The second-order valence-electron chi connectivity index (χ2n) is 5.91. The Morgan fingerprint density at radius 3 is 2.54 bits per heavy atom. The second-order valence-corrected chi connectivity index (χ2v) is 7.04. The average molecular weight is 346 g/mol. The number of hydrogen-bond acceptors (Lipinski definition) is 4. The number of hydrogen-bond donors (Lipinski definition) is 3. The lowest BCUT2D eigenvalue weighted by Crippen LogP contribution is -2.42. The van der Waals surface area contributed by atoms with Crippen LogP contribution >= 0.6 is 11.8 Å². The molecule has 0 saturated heterocycles. The van der Waals surface area contributed by atoms with Crippen LogP contribution in [0.5, 0.6) is 0 Å². The van der Waals surface area contributed by atoms with Gasteiger partial charge in [-0.3, -0.25) is 10.1 Å². The molecule has 0 unspecified atom stereocenters. The molecule has 2 rings (SSSR count). The predicted molar refractivity (Wildman–Crippen MR) is 94.8 cm³/mol. The van der Waals surface area contributed by atoms with Crippen molar-refractivity contribution in [1.29, 1.82) is 0 Å². The molecule has 0 spiro atoms. The van der Waals surface area contributed by atoms with Crippen molar-refractivity contribution in [2.75, 3.05) is 0 Å². The summed E-state index contributed by atoms with van der Waals surface area (Å²) in [5.41, 5.74) is 8.13. The first-order valence-corrected chi connectivity index (χ1v) is 8.61. The van der Waals surface area contributed by atoms with Crippen LogP contribution in [0.3, 0.4) is 0 Å². The first-order valence-electron chi connectivity index (χ1n) is 7.73. The summed E-state index contributed by atoms with van der Waals surface area (Å²) in [4.78, 5) is 30.8. The molecule has 0 saturated carbocycles. The van der Waals surface area contributed by atoms with Crippen LogP contribution in [0.1, 0.15) is 30.8 Å². The molecular weight excluding hydrogens is 324 g/mol. The van der Waals surface area contributed by atoms with Gasteiger partial charge in [0, 0.05) is 12.1 Å². The van der Waals surface area contributed by atoms with E-state index in [0.717, 1.165) is 17.8 Å². The largest absolute Gasteiger partial charge is 0.351 e. The molecule has 0 aliphatic rings. The van der Waals surface area contributed by atoms with Crippen molar-refractivity contribution in [3.63, 3.8) is 0 Å². The Bertz CT molecular complexity index is 713. The number of imidazole rings is 1. The minimum atomic E-state index is -0.841. The Labute approximate surface area is 145 Å². The van der Waals surface area contributed by atoms with E-state index >= 15 is 0 Å². The van der Waals surface area contributed by atoms with Gasteiger partial charge in [-0.25, -0.2) is 9.78 Å². The minimum absolute atomic E-state index is 0.0253. The van der Waals surface area contributed by atoms with Crippen molar-refractivity contribution in [2.24, 2.45) is 11.7 Å². The number of aromatic nitrogens is 2. The van der Waals surface area contributed by atoms with Gasteiger partial charge in [0.05, 0.1) is 10.9 Å². The molecule has 24 heavy (non-hydrogen) atoms. The van der Waals surface area contributed by atoms with Crippen molar-refractivity contribution in [2.45, 2.75) is 37.6 Å². The van der Waals surface area contributed by atoms with Crippen LogP contribution in [0.4, 0.5) is 4.79 Å². The monoisotopic (exact) mass is 346 g/mol. The lowest BCUT2D eigenvalue weighted by Gasteiger charge is -2.17. The summed E-state index contributed by atoms with van der Waals surface area (Å²) in [5, 5.41) is 2.36. The number of amides is 3. The molecule has 2 aromatic rings. The zero-order chi connectivity index (χ0) is 17.7. The highest BCUT2D eigenvalue weighted by Crippen LogP contribution is 2.27. The molecule has 1 aromatic carbocycles. The Morgan fingerprint density at radius 2 is 1.96 bits per heavy atom. The number of urea groups is 1. The third-order valence-electron chi connectivity index (χ3n) is 3.53. The van der Waals surface area contributed by atoms with Gasteiger partial charge in [-0.2, -0.15) is 0 Å². The van der Waals surface area contributed by atoms with Crippen LogP contribution in [0.2, 0.25) is 0 Å². The fraction of sp³-hybridized carbons (Fsp3) is 0.353. The van der Waals surface area contributed by atoms with Gasteiger partial charge in [-0.05, 0) is 18.4 Å². The van der Waals surface area contributed by atoms with E-state index < -0.39 is 17.2 Å². The normalized spacial score (nSPS) is 12.2. The molecule has 1 aromatic heterocycles. The first kappa shape index (κ1) is 18.1. The summed E-state index contributed by atoms with van der Waals surface area (Å²) >= 11 is 1.31. The van der Waals surface area contributed by atoms with Gasteiger partial charge in [0.1, 0.15) is 0 Å². The standard InChI is InChI=1S/C17H22N4O2S/c1-10(2)14(15(22)21-16(18)23)24-17-19-11(3)13(20-17)9-12-7-5-4-6-8-12/h4-8,10,14H,9H2,1-3H3,(H,19,20)(H3,18,21,22,23)/t14-/m1/s1. The van der Waals surface area contributed by atoms with Gasteiger partial charge in [-0.15, -0.1) is 0 Å². The number of nitrogens with two attached hydrogens (primary N) is 1. The van der Waals surface area contributed by atoms with Gasteiger partial charge in [-0.1, -0.05) is 55.9 Å². The maximum Gasteiger partial charge on any atom is 0.318 e. The number of nitrogens with one attached hydrogen (secondary N) is 2. The number of benzene rings is 1. The quantitative estimate of drug-likeness (QED) is 0.700. The second kappa shape index (κ2) is 8.01. The first-order chi connectivity index (χ1) is 11.4. The van der Waals surface area contributed by atoms with Gasteiger partial charge in [0.2, 0.25) is 5.91 Å². The van der Waals surface area contributed by atoms with Crippen LogP contribution in [-0.4, -0.2) is 27.2 Å². The SMILES string of the molecule is Cc1[nH]c(S[C@@H](C(=O)NC(N)=O)C(C)C)nc1Cc1ccccc1. The van der Waals surface area contributed by atoms with Gasteiger partial charge >= 0.3 is 6.03 Å². The summed E-state index contributed by atoms with van der Waals surface area (Å²) in [7, 11) is 0. The van der Waals surface area contributed by atoms with E-state index in [1.54, 1.807) is 0 Å². The molecule has 7 heteroatoms. The van der Waals surface area contributed by atoms with E-state index in [0.29, 0.717) is 5.16 Å². The average Bonchev–Trinajstić information content (AvgIpc) is 2.84. The van der Waals surface area contributed by atoms with Gasteiger partial charge in [0.25, 0.3) is 0 Å². The molecule has 4 N–H and O–H groups in total. The van der Waals surface area contributed by atoms with E-state index in [1.165, 1.54) is 17.3 Å². The Morgan fingerprint density at radius 1 is 1.29 bits per heavy atom. The smallest absolute Gasteiger partial charge is 0.318 e. The van der Waals surface area contributed by atoms with Crippen LogP contribution in [0.25, 0.3) is 0 Å². The van der Waals surface area contributed by atoms with E-state index in [-0.39, 0.29) is 5.92 Å². The highest BCUT2D eigenvalue weighted by atomic mass is 32.2. The summed E-state index contributed by atoms with van der Waals surface area (Å²) in [6, 6.07) is 9.24. The van der Waals surface area contributed by atoms with E-state index in [9.17, 15) is 9.59 Å². The number of H-pyrrole nitrogens is 1. The Hall–Kier alpha value is -2.28. The number of aryl methyl sites for hydroxylation is 1. The highest BCUT2D eigenvalue weighted by molar-refractivity contribution is 8.00. The van der Waals surface area contributed by atoms with Crippen molar-refractivity contribution in [3.8, 4) is 0 Å². The molecule has 128 valence electrons. The van der Waals surface area contributed by atoms with Crippen LogP contribution < -0.4 is 11.1 Å². The number of aromatic amines is 1. The fourth-order valence-electron chi connectivity index (χ4n) is 2.29. The van der Waals surface area contributed by atoms with E-state index in [1.807, 2.05) is 39.0 Å². The van der Waals surface area contributed by atoms with Crippen molar-refractivity contribution in [3.05, 3.63) is 47.3 Å². The van der Waals surface area contributed by atoms with E-state index in [2.05, 4.69) is 27.4 Å². The van der Waals surface area contributed by atoms with Crippen molar-refractivity contribution < 1.29 is 9.59 Å². The molecular formula is C17H22N4O2S. The summed E-state index contributed by atoms with van der Waals surface area (Å²) in [6.07, 6.45) is 0.726. The van der Waals surface area contributed by atoms with Crippen LogP contribution in [0, 0.1) is 12.8 Å². The molecule has 0 aliphatic carbocycles. The molecule has 0 fully saturated rings. The number of primary amides is 1. The zero-order valence-electron chi connectivity index (χ0n) is 14.0. The third kappa shape index (κ3) is 4.86. The number of nitrogens with zero attached hydrogens (tertiary/aromatic N) is 1. The number of carbonyl (C=O) groups excluding carboxylic acids is 2. The van der Waals surface area contributed by atoms with E-state index in [4.69, 9.17) is 5.73 Å². The lowest BCUT2D eigenvalue weighted by molar-refractivity contribution is -0.120. The number of rotatable bonds is 6.